The maximum atomic E-state index is 12.3. The lowest BCUT2D eigenvalue weighted by Gasteiger charge is -2.28. The van der Waals surface area contributed by atoms with Crippen LogP contribution in [-0.2, 0) is 7.05 Å². The first-order valence-electron chi connectivity index (χ1n) is 6.21. The van der Waals surface area contributed by atoms with Crippen molar-refractivity contribution < 1.29 is 4.79 Å². The Morgan fingerprint density at radius 1 is 1.53 bits per heavy atom. The predicted octanol–water partition coefficient (Wildman–Crippen LogP) is 1.93. The molecule has 1 saturated heterocycles. The topological polar surface area (TPSA) is 38.1 Å². The fourth-order valence-electron chi connectivity index (χ4n) is 2.37. The fourth-order valence-corrected chi connectivity index (χ4v) is 2.37. The van der Waals surface area contributed by atoms with Gasteiger partial charge in [-0.3, -0.25) is 9.48 Å². The average molecular weight is 235 g/mol. The molecule has 0 aliphatic carbocycles. The first kappa shape index (κ1) is 12.1. The van der Waals surface area contributed by atoms with Crippen LogP contribution in [0.15, 0.2) is 12.3 Å². The first-order chi connectivity index (χ1) is 7.94. The van der Waals surface area contributed by atoms with Crippen LogP contribution in [0.3, 0.4) is 0 Å². The molecule has 17 heavy (non-hydrogen) atoms. The third-order valence-corrected chi connectivity index (χ3v) is 4.23. The molecule has 94 valence electrons. The zero-order chi connectivity index (χ0) is 12.6. The highest BCUT2D eigenvalue weighted by molar-refractivity contribution is 5.92. The average Bonchev–Trinajstić information content (AvgIpc) is 2.85. The van der Waals surface area contributed by atoms with E-state index in [1.807, 2.05) is 11.9 Å². The van der Waals surface area contributed by atoms with Crippen LogP contribution < -0.4 is 0 Å². The van der Waals surface area contributed by atoms with E-state index in [-0.39, 0.29) is 11.3 Å². The van der Waals surface area contributed by atoms with Crippen LogP contribution >= 0.6 is 0 Å². The maximum Gasteiger partial charge on any atom is 0.272 e. The molecule has 0 radical (unpaired) electrons. The molecule has 1 aromatic heterocycles. The van der Waals surface area contributed by atoms with Crippen LogP contribution in [0.25, 0.3) is 0 Å². The summed E-state index contributed by atoms with van der Waals surface area (Å²) in [6.45, 7) is 8.46. The number of nitrogens with zero attached hydrogens (tertiary/aromatic N) is 3. The Labute approximate surface area is 103 Å². The fraction of sp³-hybridized carbons (Fsp3) is 0.692. The zero-order valence-corrected chi connectivity index (χ0v) is 11.1. The summed E-state index contributed by atoms with van der Waals surface area (Å²) in [4.78, 5) is 14.3. The minimum atomic E-state index is 0.106. The standard InChI is InChI=1S/C13H21N3O/c1-10(2)13(3)6-8-16(9-13)12(17)11-5-7-14-15(11)4/h5,7,10H,6,8-9H2,1-4H3/t13-/m0/s1. The number of aryl methyl sites for hydroxylation is 1. The van der Waals surface area contributed by atoms with Crippen molar-refractivity contribution in [1.82, 2.24) is 14.7 Å². The Bertz CT molecular complexity index is 424. The number of likely N-dealkylation sites (tertiary alicyclic amines) is 1. The van der Waals surface area contributed by atoms with E-state index in [4.69, 9.17) is 0 Å². The Morgan fingerprint density at radius 2 is 2.24 bits per heavy atom. The van der Waals surface area contributed by atoms with Crippen molar-refractivity contribution in [3.63, 3.8) is 0 Å². The number of rotatable bonds is 2. The van der Waals surface area contributed by atoms with Gasteiger partial charge in [0.2, 0.25) is 0 Å². The van der Waals surface area contributed by atoms with Crippen molar-refractivity contribution in [2.75, 3.05) is 13.1 Å². The van der Waals surface area contributed by atoms with E-state index in [9.17, 15) is 4.79 Å². The maximum absolute atomic E-state index is 12.3. The van der Waals surface area contributed by atoms with Crippen molar-refractivity contribution >= 4 is 5.91 Å². The van der Waals surface area contributed by atoms with Crippen molar-refractivity contribution in [1.29, 1.82) is 0 Å². The Balaban J connectivity index is 2.12. The number of carbonyl (C=O) groups is 1. The summed E-state index contributed by atoms with van der Waals surface area (Å²) in [6, 6.07) is 1.79. The minimum absolute atomic E-state index is 0.106. The van der Waals surface area contributed by atoms with Crippen LogP contribution in [0.2, 0.25) is 0 Å². The molecule has 0 aromatic carbocycles. The molecule has 0 N–H and O–H groups in total. The number of amides is 1. The van der Waals surface area contributed by atoms with E-state index in [0.717, 1.165) is 19.5 Å². The molecule has 4 heteroatoms. The van der Waals surface area contributed by atoms with Crippen molar-refractivity contribution in [3.05, 3.63) is 18.0 Å². The number of hydrogen-bond donors (Lipinski definition) is 0. The molecular formula is C13H21N3O. The molecule has 0 saturated carbocycles. The number of carbonyl (C=O) groups excluding carboxylic acids is 1. The molecule has 4 nitrogen and oxygen atoms in total. The third kappa shape index (κ3) is 2.08. The second-order valence-electron chi connectivity index (χ2n) is 5.63. The highest BCUT2D eigenvalue weighted by Gasteiger charge is 2.38. The summed E-state index contributed by atoms with van der Waals surface area (Å²) in [7, 11) is 1.81. The van der Waals surface area contributed by atoms with Crippen LogP contribution in [0.5, 0.6) is 0 Å². The summed E-state index contributed by atoms with van der Waals surface area (Å²) in [5.74, 6) is 0.709. The van der Waals surface area contributed by atoms with Gasteiger partial charge in [-0.2, -0.15) is 5.10 Å². The molecule has 1 fully saturated rings. The first-order valence-corrected chi connectivity index (χ1v) is 6.21. The summed E-state index contributed by atoms with van der Waals surface area (Å²) in [5, 5.41) is 4.05. The van der Waals surface area contributed by atoms with Gasteiger partial charge in [0.15, 0.2) is 0 Å². The third-order valence-electron chi connectivity index (χ3n) is 4.23. The monoisotopic (exact) mass is 235 g/mol. The summed E-state index contributed by atoms with van der Waals surface area (Å²) in [5.41, 5.74) is 0.937. The Morgan fingerprint density at radius 3 is 2.71 bits per heavy atom. The molecule has 1 aromatic rings. The molecule has 0 unspecified atom stereocenters. The van der Waals surface area contributed by atoms with E-state index in [1.54, 1.807) is 16.9 Å². The zero-order valence-electron chi connectivity index (χ0n) is 11.1. The number of hydrogen-bond acceptors (Lipinski definition) is 2. The van der Waals surface area contributed by atoms with E-state index in [2.05, 4.69) is 25.9 Å². The lowest BCUT2D eigenvalue weighted by Crippen LogP contribution is -2.34. The Hall–Kier alpha value is -1.32. The van der Waals surface area contributed by atoms with E-state index >= 15 is 0 Å². The lowest BCUT2D eigenvalue weighted by molar-refractivity contribution is 0.0753. The Kier molecular flexibility index (Phi) is 2.98. The van der Waals surface area contributed by atoms with Crippen molar-refractivity contribution in [2.24, 2.45) is 18.4 Å². The van der Waals surface area contributed by atoms with Gasteiger partial charge >= 0.3 is 0 Å². The molecule has 2 heterocycles. The highest BCUT2D eigenvalue weighted by Crippen LogP contribution is 2.37. The molecule has 1 atom stereocenters. The summed E-state index contributed by atoms with van der Waals surface area (Å²) in [6.07, 6.45) is 2.76. The van der Waals surface area contributed by atoms with Crippen LogP contribution in [0.1, 0.15) is 37.7 Å². The van der Waals surface area contributed by atoms with E-state index in [0.29, 0.717) is 11.6 Å². The quantitative estimate of drug-likeness (QED) is 0.785. The predicted molar refractivity (Wildman–Crippen MR) is 66.7 cm³/mol. The highest BCUT2D eigenvalue weighted by atomic mass is 16.2. The SMILES string of the molecule is CC(C)[C@@]1(C)CCN(C(=O)c2ccnn2C)C1. The van der Waals surface area contributed by atoms with Gasteiger partial charge in [0.25, 0.3) is 5.91 Å². The van der Waals surface area contributed by atoms with E-state index in [1.165, 1.54) is 0 Å². The van der Waals surface area contributed by atoms with Gasteiger partial charge < -0.3 is 4.90 Å². The normalized spacial score (nSPS) is 24.6. The smallest absolute Gasteiger partial charge is 0.272 e. The van der Waals surface area contributed by atoms with Crippen LogP contribution in [0.4, 0.5) is 0 Å². The molecule has 1 aliphatic heterocycles. The molecule has 0 spiro atoms. The molecule has 1 amide bonds. The van der Waals surface area contributed by atoms with Gasteiger partial charge in [-0.1, -0.05) is 20.8 Å². The van der Waals surface area contributed by atoms with Gasteiger partial charge in [-0.25, -0.2) is 0 Å². The second kappa shape index (κ2) is 4.17. The molecule has 2 rings (SSSR count). The molecule has 1 aliphatic rings. The second-order valence-corrected chi connectivity index (χ2v) is 5.63. The summed E-state index contributed by atoms with van der Waals surface area (Å²) >= 11 is 0. The number of aromatic nitrogens is 2. The van der Waals surface area contributed by atoms with Gasteiger partial charge in [0.05, 0.1) is 0 Å². The van der Waals surface area contributed by atoms with Gasteiger partial charge in [0.1, 0.15) is 5.69 Å². The van der Waals surface area contributed by atoms with Gasteiger partial charge in [0, 0.05) is 26.3 Å². The molecular weight excluding hydrogens is 214 g/mol. The van der Waals surface area contributed by atoms with Crippen molar-refractivity contribution in [3.8, 4) is 0 Å². The van der Waals surface area contributed by atoms with Gasteiger partial charge in [-0.05, 0) is 23.8 Å². The van der Waals surface area contributed by atoms with Crippen LogP contribution in [0, 0.1) is 11.3 Å². The lowest BCUT2D eigenvalue weighted by atomic mass is 9.78. The summed E-state index contributed by atoms with van der Waals surface area (Å²) < 4.78 is 1.65. The van der Waals surface area contributed by atoms with Crippen LogP contribution in [-0.4, -0.2) is 33.7 Å². The van der Waals surface area contributed by atoms with Crippen molar-refractivity contribution in [2.45, 2.75) is 27.2 Å². The van der Waals surface area contributed by atoms with Gasteiger partial charge in [-0.15, -0.1) is 0 Å². The van der Waals surface area contributed by atoms with E-state index < -0.39 is 0 Å². The minimum Gasteiger partial charge on any atom is -0.337 e. The largest absolute Gasteiger partial charge is 0.337 e. The molecule has 0 bridgehead atoms.